The van der Waals surface area contributed by atoms with Crippen LogP contribution in [0, 0.1) is 6.92 Å². The zero-order valence-electron chi connectivity index (χ0n) is 20.5. The third-order valence-corrected chi connectivity index (χ3v) is 8.37. The summed E-state index contributed by atoms with van der Waals surface area (Å²) in [6.45, 7) is 7.67. The molecule has 3 aromatic rings. The van der Waals surface area contributed by atoms with E-state index in [1.54, 1.807) is 12.1 Å². The van der Waals surface area contributed by atoms with Gasteiger partial charge in [-0.1, -0.05) is 56.2 Å². The molecule has 5 rings (SSSR count). The molecule has 5 nitrogen and oxygen atoms in total. The van der Waals surface area contributed by atoms with Crippen molar-refractivity contribution in [3.63, 3.8) is 0 Å². The molecule has 0 spiro atoms. The quantitative estimate of drug-likeness (QED) is 0.393. The fraction of sp³-hybridized carbons (Fsp3) is 0.500. The lowest BCUT2D eigenvalue weighted by Crippen LogP contribution is -2.42. The lowest BCUT2D eigenvalue weighted by atomic mass is 9.84. The molecule has 1 aromatic heterocycles. The van der Waals surface area contributed by atoms with Gasteiger partial charge < -0.3 is 4.42 Å². The molecule has 6 heteroatoms. The molecule has 2 bridgehead atoms. The van der Waals surface area contributed by atoms with E-state index in [9.17, 15) is 8.42 Å². The lowest BCUT2D eigenvalue weighted by molar-refractivity contribution is 0.125. The van der Waals surface area contributed by atoms with Crippen molar-refractivity contribution in [2.24, 2.45) is 0 Å². The fourth-order valence-electron chi connectivity index (χ4n) is 5.68. The molecule has 0 amide bonds. The van der Waals surface area contributed by atoms with Crippen LogP contribution in [0.25, 0.3) is 11.0 Å². The highest BCUT2D eigenvalue weighted by molar-refractivity contribution is 7.85. The maximum absolute atomic E-state index is 10.5. The summed E-state index contributed by atoms with van der Waals surface area (Å²) in [4.78, 5) is 2.75. The van der Waals surface area contributed by atoms with Gasteiger partial charge in [-0.3, -0.25) is 9.45 Å². The standard InChI is InChI=1S/C21H29NO.C7H8O3S/c1-3-5-11-22-17-9-10-18(22)13-16(12-17)20-14-23-21-15(4-2)7-6-8-19(20)21;1-6-2-4-7(5-3-6)11(8,9)10/h6-8,14,16-18H,3-5,9-13H2,1-2H3;2-5H,1H3,(H,8,9,10). The molecule has 34 heavy (non-hydrogen) atoms. The van der Waals surface area contributed by atoms with Crippen LogP contribution >= 0.6 is 0 Å². The van der Waals surface area contributed by atoms with Crippen LogP contribution in [0.15, 0.2) is 58.0 Å². The number of rotatable bonds is 6. The van der Waals surface area contributed by atoms with E-state index in [2.05, 4.69) is 43.2 Å². The van der Waals surface area contributed by atoms with Crippen molar-refractivity contribution in [1.29, 1.82) is 0 Å². The second kappa shape index (κ2) is 10.6. The first-order valence-electron chi connectivity index (χ1n) is 12.6. The maximum atomic E-state index is 10.5. The predicted octanol–water partition coefficient (Wildman–Crippen LogP) is 6.75. The average molecular weight is 484 g/mol. The first kappa shape index (κ1) is 25.0. The molecule has 2 saturated heterocycles. The third-order valence-electron chi connectivity index (χ3n) is 7.51. The summed E-state index contributed by atoms with van der Waals surface area (Å²) in [5.74, 6) is 0.693. The molecule has 2 fully saturated rings. The highest BCUT2D eigenvalue weighted by Crippen LogP contribution is 2.45. The van der Waals surface area contributed by atoms with Gasteiger partial charge in [-0.15, -0.1) is 0 Å². The van der Waals surface area contributed by atoms with E-state index < -0.39 is 10.1 Å². The van der Waals surface area contributed by atoms with E-state index in [1.165, 1.54) is 73.7 Å². The number of aryl methyl sites for hydroxylation is 2. The largest absolute Gasteiger partial charge is 0.464 e. The van der Waals surface area contributed by atoms with Gasteiger partial charge >= 0.3 is 0 Å². The number of hydrogen-bond donors (Lipinski definition) is 1. The van der Waals surface area contributed by atoms with Crippen LogP contribution in [0.5, 0.6) is 0 Å². The molecule has 0 radical (unpaired) electrons. The lowest BCUT2D eigenvalue weighted by Gasteiger charge is -2.39. The molecule has 2 unspecified atom stereocenters. The first-order chi connectivity index (χ1) is 16.3. The van der Waals surface area contributed by atoms with Crippen LogP contribution < -0.4 is 0 Å². The van der Waals surface area contributed by atoms with E-state index in [4.69, 9.17) is 8.97 Å². The SMILES string of the molecule is CCCCN1C2CCC1CC(c1coc3c(CC)cccc13)C2.Cc1ccc(S(=O)(=O)O)cc1. The highest BCUT2D eigenvalue weighted by Gasteiger charge is 2.41. The Labute approximate surface area is 203 Å². The fourth-order valence-corrected chi connectivity index (χ4v) is 6.16. The summed E-state index contributed by atoms with van der Waals surface area (Å²) < 4.78 is 35.5. The Morgan fingerprint density at radius 2 is 1.71 bits per heavy atom. The van der Waals surface area contributed by atoms with Gasteiger partial charge in [0.05, 0.1) is 11.2 Å². The van der Waals surface area contributed by atoms with Crippen LogP contribution in [0.1, 0.15) is 75.0 Å². The van der Waals surface area contributed by atoms with Gasteiger partial charge in [0.15, 0.2) is 0 Å². The molecule has 2 atom stereocenters. The van der Waals surface area contributed by atoms with Crippen LogP contribution in [0.4, 0.5) is 0 Å². The summed E-state index contributed by atoms with van der Waals surface area (Å²) in [6, 6.07) is 14.3. The molecule has 0 saturated carbocycles. The normalized spacial score (nSPS) is 22.5. The minimum absolute atomic E-state index is 0.0666. The van der Waals surface area contributed by atoms with Crippen molar-refractivity contribution >= 4 is 21.1 Å². The minimum atomic E-state index is -4.02. The van der Waals surface area contributed by atoms with Gasteiger partial charge in [-0.2, -0.15) is 8.42 Å². The van der Waals surface area contributed by atoms with Gasteiger partial charge in [0, 0.05) is 23.0 Å². The molecule has 1 N–H and O–H groups in total. The number of nitrogens with zero attached hydrogens (tertiary/aromatic N) is 1. The van der Waals surface area contributed by atoms with E-state index in [0.29, 0.717) is 5.92 Å². The summed E-state index contributed by atoms with van der Waals surface area (Å²) in [7, 11) is -4.02. The Morgan fingerprint density at radius 3 is 2.29 bits per heavy atom. The van der Waals surface area contributed by atoms with Crippen LogP contribution in [-0.2, 0) is 16.5 Å². The van der Waals surface area contributed by atoms with Crippen molar-refractivity contribution in [3.05, 3.63) is 65.4 Å². The van der Waals surface area contributed by atoms with E-state index >= 15 is 0 Å². The highest BCUT2D eigenvalue weighted by atomic mass is 32.2. The van der Waals surface area contributed by atoms with Crippen LogP contribution in [0.2, 0.25) is 0 Å². The Balaban J connectivity index is 0.000000210. The summed E-state index contributed by atoms with van der Waals surface area (Å²) in [6.07, 6.45) is 11.2. The van der Waals surface area contributed by atoms with Crippen LogP contribution in [-0.4, -0.2) is 36.5 Å². The number of para-hydroxylation sites is 1. The van der Waals surface area contributed by atoms with E-state index in [-0.39, 0.29) is 4.90 Å². The van der Waals surface area contributed by atoms with Crippen molar-refractivity contribution in [2.75, 3.05) is 6.54 Å². The summed E-state index contributed by atoms with van der Waals surface area (Å²) in [5, 5.41) is 1.37. The smallest absolute Gasteiger partial charge is 0.294 e. The van der Waals surface area contributed by atoms with Crippen LogP contribution in [0.3, 0.4) is 0 Å². The molecular weight excluding hydrogens is 446 g/mol. The van der Waals surface area contributed by atoms with Gasteiger partial charge in [0.1, 0.15) is 5.58 Å². The predicted molar refractivity (Wildman–Crippen MR) is 137 cm³/mol. The van der Waals surface area contributed by atoms with E-state index in [1.807, 2.05) is 6.92 Å². The molecule has 3 heterocycles. The Kier molecular flexibility index (Phi) is 7.80. The molecule has 2 aliphatic heterocycles. The Hall–Kier alpha value is -2.15. The number of piperidine rings is 1. The summed E-state index contributed by atoms with van der Waals surface area (Å²) in [5.41, 5.74) is 4.91. The molecule has 2 aliphatic rings. The summed E-state index contributed by atoms with van der Waals surface area (Å²) >= 11 is 0. The average Bonchev–Trinajstić information content (AvgIpc) is 3.35. The number of fused-ring (bicyclic) bond motifs is 3. The Bertz CT molecular complexity index is 1180. The second-order valence-electron chi connectivity index (χ2n) is 9.77. The van der Waals surface area contributed by atoms with Crippen molar-refractivity contribution in [2.45, 2.75) is 88.6 Å². The Morgan fingerprint density at radius 1 is 1.03 bits per heavy atom. The maximum Gasteiger partial charge on any atom is 0.294 e. The zero-order chi connectivity index (χ0) is 24.3. The number of furan rings is 1. The van der Waals surface area contributed by atoms with Crippen molar-refractivity contribution in [1.82, 2.24) is 4.90 Å². The van der Waals surface area contributed by atoms with Gasteiger partial charge in [-0.25, -0.2) is 0 Å². The minimum Gasteiger partial charge on any atom is -0.464 e. The number of hydrogen-bond acceptors (Lipinski definition) is 4. The molecule has 2 aromatic carbocycles. The third kappa shape index (κ3) is 5.40. The van der Waals surface area contributed by atoms with Crippen molar-refractivity contribution in [3.8, 4) is 0 Å². The van der Waals surface area contributed by atoms with Gasteiger partial charge in [0.2, 0.25) is 0 Å². The molecule has 184 valence electrons. The topological polar surface area (TPSA) is 70.8 Å². The second-order valence-corrected chi connectivity index (χ2v) is 11.2. The van der Waals surface area contributed by atoms with Gasteiger partial charge in [0.25, 0.3) is 10.1 Å². The number of benzene rings is 2. The monoisotopic (exact) mass is 483 g/mol. The van der Waals surface area contributed by atoms with Crippen molar-refractivity contribution < 1.29 is 17.4 Å². The first-order valence-corrected chi connectivity index (χ1v) is 14.0. The molecular formula is C28H37NO4S. The van der Waals surface area contributed by atoms with Gasteiger partial charge in [-0.05, 0) is 75.6 Å². The molecule has 0 aliphatic carbocycles. The number of unbranched alkanes of at least 4 members (excludes halogenated alkanes) is 1. The van der Waals surface area contributed by atoms with E-state index in [0.717, 1.165) is 29.7 Å². The zero-order valence-corrected chi connectivity index (χ0v) is 21.4.